The van der Waals surface area contributed by atoms with Crippen LogP contribution in [0, 0.1) is 0 Å². The first-order valence-corrected chi connectivity index (χ1v) is 8.06. The van der Waals surface area contributed by atoms with Crippen molar-refractivity contribution in [3.8, 4) is 0 Å². The number of amides is 2. The fourth-order valence-electron chi connectivity index (χ4n) is 2.46. The second kappa shape index (κ2) is 8.17. The lowest BCUT2D eigenvalue weighted by Crippen LogP contribution is -2.27. The summed E-state index contributed by atoms with van der Waals surface area (Å²) in [7, 11) is 1.56. The van der Waals surface area contributed by atoms with Gasteiger partial charge in [0.15, 0.2) is 0 Å². The summed E-state index contributed by atoms with van der Waals surface area (Å²) < 4.78 is 4.89. The minimum absolute atomic E-state index is 0.289. The number of fused-ring (bicyclic) bond motifs is 1. The number of ether oxygens (including phenoxy) is 1. The average Bonchev–Trinajstić information content (AvgIpc) is 2.68. The fraction of sp³-hybridized carbons (Fsp3) is 0.158. The Kier molecular flexibility index (Phi) is 5.50. The maximum atomic E-state index is 12.6. The summed E-state index contributed by atoms with van der Waals surface area (Å²) in [5.74, 6) is -0.668. The Hall–Kier alpha value is -3.32. The summed E-state index contributed by atoms with van der Waals surface area (Å²) in [5.41, 5.74) is 1.90. The number of hydrogen-bond donors (Lipinski definition) is 2. The molecule has 0 aliphatic rings. The molecular weight excluding hydrogens is 332 g/mol. The van der Waals surface area contributed by atoms with Gasteiger partial charge in [0.1, 0.15) is 0 Å². The average molecular weight is 350 g/mol. The van der Waals surface area contributed by atoms with Crippen LogP contribution in [0.25, 0.3) is 10.9 Å². The number of methoxy groups -OCH3 is 1. The van der Waals surface area contributed by atoms with Crippen molar-refractivity contribution in [1.29, 1.82) is 0 Å². The SMILES string of the molecule is COCCNC(=O)c1cncc(C(=O)Nc2cccc3cccnc23)c1. The van der Waals surface area contributed by atoms with Gasteiger partial charge in [-0.25, -0.2) is 0 Å². The zero-order valence-corrected chi connectivity index (χ0v) is 14.2. The Morgan fingerprint density at radius 3 is 2.65 bits per heavy atom. The van der Waals surface area contributed by atoms with E-state index >= 15 is 0 Å². The second-order valence-corrected chi connectivity index (χ2v) is 5.55. The molecule has 0 aliphatic heterocycles. The molecule has 7 nitrogen and oxygen atoms in total. The van der Waals surface area contributed by atoms with E-state index in [9.17, 15) is 9.59 Å². The summed E-state index contributed by atoms with van der Waals surface area (Å²) in [4.78, 5) is 32.9. The van der Waals surface area contributed by atoms with E-state index in [0.29, 0.717) is 29.9 Å². The monoisotopic (exact) mass is 350 g/mol. The molecule has 2 N–H and O–H groups in total. The molecule has 2 amide bonds. The second-order valence-electron chi connectivity index (χ2n) is 5.55. The van der Waals surface area contributed by atoms with Gasteiger partial charge < -0.3 is 15.4 Å². The van der Waals surface area contributed by atoms with Crippen LogP contribution >= 0.6 is 0 Å². The molecule has 1 aromatic carbocycles. The van der Waals surface area contributed by atoms with Gasteiger partial charge in [-0.3, -0.25) is 19.6 Å². The van der Waals surface area contributed by atoms with Gasteiger partial charge >= 0.3 is 0 Å². The molecular formula is C19H18N4O3. The van der Waals surface area contributed by atoms with Gasteiger partial charge in [-0.05, 0) is 18.2 Å². The van der Waals surface area contributed by atoms with E-state index in [1.807, 2.05) is 24.3 Å². The van der Waals surface area contributed by atoms with Crippen LogP contribution in [0.1, 0.15) is 20.7 Å². The smallest absolute Gasteiger partial charge is 0.257 e. The zero-order chi connectivity index (χ0) is 18.4. The van der Waals surface area contributed by atoms with Crippen LogP contribution in [0.4, 0.5) is 5.69 Å². The molecule has 0 unspecified atom stereocenters. The number of carbonyl (C=O) groups excluding carboxylic acids is 2. The molecule has 3 rings (SSSR count). The molecule has 26 heavy (non-hydrogen) atoms. The van der Waals surface area contributed by atoms with Gasteiger partial charge in [0.05, 0.1) is 28.9 Å². The Morgan fingerprint density at radius 1 is 1.08 bits per heavy atom. The molecule has 0 saturated carbocycles. The van der Waals surface area contributed by atoms with Crippen LogP contribution in [0.2, 0.25) is 0 Å². The van der Waals surface area contributed by atoms with Crippen LogP contribution < -0.4 is 10.6 Å². The number of para-hydroxylation sites is 1. The summed E-state index contributed by atoms with van der Waals surface area (Å²) in [6.45, 7) is 0.793. The standard InChI is InChI=1S/C19H18N4O3/c1-26-9-8-22-18(24)14-10-15(12-20-11-14)19(25)23-16-6-2-4-13-5-3-7-21-17(13)16/h2-7,10-12H,8-9H2,1H3,(H,22,24)(H,23,25). The number of nitrogens with one attached hydrogen (secondary N) is 2. The number of benzene rings is 1. The molecule has 132 valence electrons. The minimum Gasteiger partial charge on any atom is -0.383 e. The molecule has 0 saturated heterocycles. The lowest BCUT2D eigenvalue weighted by atomic mass is 10.1. The third-order valence-electron chi connectivity index (χ3n) is 3.74. The highest BCUT2D eigenvalue weighted by Gasteiger charge is 2.13. The molecule has 2 aromatic heterocycles. The highest BCUT2D eigenvalue weighted by Crippen LogP contribution is 2.21. The first-order valence-electron chi connectivity index (χ1n) is 8.06. The van der Waals surface area contributed by atoms with E-state index in [4.69, 9.17) is 4.74 Å². The van der Waals surface area contributed by atoms with Crippen molar-refractivity contribution >= 4 is 28.4 Å². The highest BCUT2D eigenvalue weighted by molar-refractivity contribution is 6.09. The molecule has 3 aromatic rings. The van der Waals surface area contributed by atoms with Crippen molar-refractivity contribution in [2.75, 3.05) is 25.6 Å². The van der Waals surface area contributed by atoms with Gasteiger partial charge in [0, 0.05) is 37.6 Å². The summed E-state index contributed by atoms with van der Waals surface area (Å²) in [5, 5.41) is 6.45. The number of rotatable bonds is 6. The molecule has 2 heterocycles. The maximum Gasteiger partial charge on any atom is 0.257 e. The number of pyridine rings is 2. The van der Waals surface area contributed by atoms with Gasteiger partial charge in [0.2, 0.25) is 0 Å². The van der Waals surface area contributed by atoms with Gasteiger partial charge in [-0.15, -0.1) is 0 Å². The Labute approximate surface area is 150 Å². The molecule has 0 atom stereocenters. The Balaban J connectivity index is 1.77. The van der Waals surface area contributed by atoms with E-state index in [0.717, 1.165) is 5.39 Å². The topological polar surface area (TPSA) is 93.2 Å². The Morgan fingerprint density at radius 2 is 1.85 bits per heavy atom. The third-order valence-corrected chi connectivity index (χ3v) is 3.74. The van der Waals surface area contributed by atoms with Crippen LogP contribution in [-0.4, -0.2) is 42.0 Å². The number of carbonyl (C=O) groups is 2. The quantitative estimate of drug-likeness (QED) is 0.665. The van der Waals surface area contributed by atoms with Gasteiger partial charge in [-0.2, -0.15) is 0 Å². The van der Waals surface area contributed by atoms with E-state index in [-0.39, 0.29) is 17.4 Å². The van der Waals surface area contributed by atoms with Crippen LogP contribution in [-0.2, 0) is 4.74 Å². The summed E-state index contributed by atoms with van der Waals surface area (Å²) in [6, 6.07) is 10.8. The molecule has 0 fully saturated rings. The van der Waals surface area contributed by atoms with Crippen LogP contribution in [0.3, 0.4) is 0 Å². The summed E-state index contributed by atoms with van der Waals surface area (Å²) >= 11 is 0. The van der Waals surface area contributed by atoms with Gasteiger partial charge in [0.25, 0.3) is 11.8 Å². The van der Waals surface area contributed by atoms with Crippen molar-refractivity contribution in [2.45, 2.75) is 0 Å². The molecule has 0 radical (unpaired) electrons. The first-order chi connectivity index (χ1) is 12.7. The highest BCUT2D eigenvalue weighted by atomic mass is 16.5. The van der Waals surface area contributed by atoms with Crippen molar-refractivity contribution < 1.29 is 14.3 Å². The molecule has 0 aliphatic carbocycles. The zero-order valence-electron chi connectivity index (χ0n) is 14.2. The lowest BCUT2D eigenvalue weighted by molar-refractivity contribution is 0.0936. The van der Waals surface area contributed by atoms with Crippen molar-refractivity contribution in [3.63, 3.8) is 0 Å². The fourth-order valence-corrected chi connectivity index (χ4v) is 2.46. The predicted octanol–water partition coefficient (Wildman–Crippen LogP) is 2.26. The van der Waals surface area contributed by atoms with Crippen LogP contribution in [0.15, 0.2) is 55.0 Å². The molecule has 0 bridgehead atoms. The number of nitrogens with zero attached hydrogens (tertiary/aromatic N) is 2. The van der Waals surface area contributed by atoms with Crippen LogP contribution in [0.5, 0.6) is 0 Å². The predicted molar refractivity (Wildman–Crippen MR) is 98.1 cm³/mol. The largest absolute Gasteiger partial charge is 0.383 e. The minimum atomic E-state index is -0.359. The number of anilines is 1. The molecule has 0 spiro atoms. The summed E-state index contributed by atoms with van der Waals surface area (Å²) in [6.07, 6.45) is 4.50. The van der Waals surface area contributed by atoms with E-state index in [2.05, 4.69) is 20.6 Å². The van der Waals surface area contributed by atoms with Crippen molar-refractivity contribution in [3.05, 3.63) is 66.1 Å². The van der Waals surface area contributed by atoms with Crippen molar-refractivity contribution in [1.82, 2.24) is 15.3 Å². The normalized spacial score (nSPS) is 10.5. The third kappa shape index (κ3) is 4.01. The maximum absolute atomic E-state index is 12.6. The van der Waals surface area contributed by atoms with Crippen molar-refractivity contribution in [2.24, 2.45) is 0 Å². The lowest BCUT2D eigenvalue weighted by Gasteiger charge is -2.09. The first kappa shape index (κ1) is 17.5. The Bertz CT molecular complexity index is 937. The number of hydrogen-bond acceptors (Lipinski definition) is 5. The van der Waals surface area contributed by atoms with Gasteiger partial charge in [-0.1, -0.05) is 18.2 Å². The van der Waals surface area contributed by atoms with E-state index in [1.165, 1.54) is 18.5 Å². The van der Waals surface area contributed by atoms with E-state index in [1.54, 1.807) is 19.4 Å². The molecule has 7 heteroatoms. The van der Waals surface area contributed by atoms with E-state index < -0.39 is 0 Å². The number of aromatic nitrogens is 2.